The molecule has 0 fully saturated rings. The van der Waals surface area contributed by atoms with E-state index in [4.69, 9.17) is 20.9 Å². The first kappa shape index (κ1) is 28.7. The quantitative estimate of drug-likeness (QED) is 0.154. The Balaban J connectivity index is 0.00000544. The number of hydrogen-bond donors (Lipinski definition) is 3. The molecule has 11 heteroatoms. The van der Waals surface area contributed by atoms with E-state index in [1.165, 1.54) is 6.08 Å². The lowest BCUT2D eigenvalue weighted by atomic mass is 9.94. The van der Waals surface area contributed by atoms with Crippen molar-refractivity contribution < 1.29 is 22.7 Å². The molecule has 1 aliphatic rings. The standard InChI is InChI=1S/C22H34N4O5S.ClH/c1-7-11-30-20(27)17(23)9-8-10-25-21(24)26-32(28,29)19-14(3)13(2)18-16(15(19)4)12-22(5,6)31-18;/h7,17H,1,8-12,23H2,2-6H3,(H3,24,25,26);1H/t17-;/m1./s1. The van der Waals surface area contributed by atoms with Crippen LogP contribution in [0, 0.1) is 20.8 Å². The van der Waals surface area contributed by atoms with E-state index in [-0.39, 0.29) is 42.0 Å². The minimum absolute atomic E-state index is 0. The summed E-state index contributed by atoms with van der Waals surface area (Å²) in [5.74, 6) is 0.0162. The molecule has 2 rings (SSSR count). The van der Waals surface area contributed by atoms with E-state index < -0.39 is 22.0 Å². The van der Waals surface area contributed by atoms with Crippen LogP contribution in [0.4, 0.5) is 0 Å². The van der Waals surface area contributed by atoms with Gasteiger partial charge < -0.3 is 20.9 Å². The number of ether oxygens (including phenoxy) is 2. The number of carbonyl (C=O) groups excluding carboxylic acids is 1. The number of nitrogens with one attached hydrogen (secondary N) is 1. The number of nitrogens with two attached hydrogens (primary N) is 2. The van der Waals surface area contributed by atoms with Crippen LogP contribution in [0.1, 0.15) is 48.9 Å². The van der Waals surface area contributed by atoms with Gasteiger partial charge in [-0.25, -0.2) is 13.1 Å². The van der Waals surface area contributed by atoms with E-state index >= 15 is 0 Å². The average Bonchev–Trinajstić information content (AvgIpc) is 3.03. The summed E-state index contributed by atoms with van der Waals surface area (Å²) in [6.07, 6.45) is 2.85. The smallest absolute Gasteiger partial charge is 0.323 e. The molecule has 0 amide bonds. The highest BCUT2D eigenvalue weighted by atomic mass is 35.5. The lowest BCUT2D eigenvalue weighted by Gasteiger charge is -2.19. The van der Waals surface area contributed by atoms with Gasteiger partial charge in [-0.05, 0) is 64.2 Å². The number of guanidine groups is 1. The molecule has 0 saturated carbocycles. The number of aliphatic imine (C=N–C) groups is 1. The number of fused-ring (bicyclic) bond motifs is 1. The molecule has 1 aliphatic heterocycles. The zero-order valence-corrected chi connectivity index (χ0v) is 21.5. The van der Waals surface area contributed by atoms with Crippen LogP contribution in [-0.2, 0) is 26.0 Å². The number of hydrogen-bond acceptors (Lipinski definition) is 7. The first-order chi connectivity index (χ1) is 14.8. The molecule has 0 aromatic heterocycles. The molecular formula is C22H35ClN4O5S. The molecule has 9 nitrogen and oxygen atoms in total. The zero-order valence-electron chi connectivity index (χ0n) is 19.9. The third-order valence-corrected chi connectivity index (χ3v) is 7.03. The van der Waals surface area contributed by atoms with Crippen LogP contribution in [0.25, 0.3) is 0 Å². The second-order valence-corrected chi connectivity index (χ2v) is 10.2. The number of rotatable bonds is 9. The molecule has 0 saturated heterocycles. The molecule has 0 radical (unpaired) electrons. The Kier molecular flexibility index (Phi) is 9.77. The average molecular weight is 503 g/mol. The van der Waals surface area contributed by atoms with Crippen molar-refractivity contribution in [2.45, 2.75) is 70.4 Å². The van der Waals surface area contributed by atoms with Gasteiger partial charge in [-0.2, -0.15) is 0 Å². The Morgan fingerprint density at radius 1 is 1.30 bits per heavy atom. The van der Waals surface area contributed by atoms with Crippen LogP contribution in [0.15, 0.2) is 22.5 Å². The molecule has 0 aliphatic carbocycles. The van der Waals surface area contributed by atoms with E-state index in [9.17, 15) is 13.2 Å². The zero-order chi connectivity index (χ0) is 24.3. The van der Waals surface area contributed by atoms with Crippen molar-refractivity contribution in [3.05, 3.63) is 34.9 Å². The lowest BCUT2D eigenvalue weighted by molar-refractivity contribution is -0.144. The summed E-state index contributed by atoms with van der Waals surface area (Å²) in [6, 6.07) is -0.783. The Bertz CT molecular complexity index is 1040. The molecule has 0 unspecified atom stereocenters. The van der Waals surface area contributed by atoms with Gasteiger partial charge in [0.15, 0.2) is 0 Å². The summed E-state index contributed by atoms with van der Waals surface area (Å²) < 4.78 is 39.5. The fourth-order valence-electron chi connectivity index (χ4n) is 3.75. The van der Waals surface area contributed by atoms with Gasteiger partial charge in [0.1, 0.15) is 24.0 Å². The Morgan fingerprint density at radius 3 is 2.55 bits per heavy atom. The van der Waals surface area contributed by atoms with E-state index in [1.54, 1.807) is 13.8 Å². The fourth-order valence-corrected chi connectivity index (χ4v) is 5.27. The van der Waals surface area contributed by atoms with Gasteiger partial charge in [0.25, 0.3) is 10.0 Å². The molecule has 0 spiro atoms. The summed E-state index contributed by atoms with van der Waals surface area (Å²) in [7, 11) is -3.95. The van der Waals surface area contributed by atoms with Crippen molar-refractivity contribution in [1.29, 1.82) is 0 Å². The molecular weight excluding hydrogens is 468 g/mol. The van der Waals surface area contributed by atoms with Crippen LogP contribution in [0.3, 0.4) is 0 Å². The third kappa shape index (κ3) is 6.84. The first-order valence-electron chi connectivity index (χ1n) is 10.5. The number of benzene rings is 1. The molecule has 0 bridgehead atoms. The van der Waals surface area contributed by atoms with Crippen molar-refractivity contribution in [1.82, 2.24) is 4.72 Å². The fraction of sp³-hybridized carbons (Fsp3) is 0.545. The molecule has 33 heavy (non-hydrogen) atoms. The van der Waals surface area contributed by atoms with Gasteiger partial charge in [0.05, 0.1) is 4.90 Å². The molecule has 1 heterocycles. The second kappa shape index (κ2) is 11.2. The van der Waals surface area contributed by atoms with Crippen LogP contribution < -0.4 is 20.9 Å². The van der Waals surface area contributed by atoms with Crippen molar-refractivity contribution >= 4 is 34.4 Å². The Labute approximate surface area is 202 Å². The third-order valence-electron chi connectivity index (χ3n) is 5.40. The highest BCUT2D eigenvalue weighted by Crippen LogP contribution is 2.43. The second-order valence-electron chi connectivity index (χ2n) is 8.59. The topological polar surface area (TPSA) is 146 Å². The predicted octanol–water partition coefficient (Wildman–Crippen LogP) is 2.18. The summed E-state index contributed by atoms with van der Waals surface area (Å²) in [4.78, 5) is 15.9. The molecule has 1 aromatic rings. The van der Waals surface area contributed by atoms with Crippen LogP contribution in [0.5, 0.6) is 5.75 Å². The number of nitrogens with zero attached hydrogens (tertiary/aromatic N) is 1. The highest BCUT2D eigenvalue weighted by Gasteiger charge is 2.36. The predicted molar refractivity (Wildman–Crippen MR) is 131 cm³/mol. The number of sulfonamides is 1. The van der Waals surface area contributed by atoms with Crippen molar-refractivity contribution in [3.63, 3.8) is 0 Å². The Hall–Kier alpha value is -2.30. The maximum absolute atomic E-state index is 13.1. The van der Waals surface area contributed by atoms with Crippen molar-refractivity contribution in [2.24, 2.45) is 16.5 Å². The maximum Gasteiger partial charge on any atom is 0.323 e. The van der Waals surface area contributed by atoms with E-state index in [2.05, 4.69) is 16.3 Å². The SMILES string of the molecule is C=CCOC(=O)[C@H](N)CCCN=C(N)NS(=O)(=O)c1c(C)c(C)c2c(c1C)CC(C)(C)O2.Cl. The van der Waals surface area contributed by atoms with Gasteiger partial charge >= 0.3 is 5.97 Å². The van der Waals surface area contributed by atoms with E-state index in [0.717, 1.165) is 16.9 Å². The summed E-state index contributed by atoms with van der Waals surface area (Å²) >= 11 is 0. The normalized spacial score (nSPS) is 15.6. The van der Waals surface area contributed by atoms with E-state index in [0.29, 0.717) is 30.4 Å². The van der Waals surface area contributed by atoms with Crippen molar-refractivity contribution in [3.8, 4) is 5.75 Å². The van der Waals surface area contributed by atoms with Gasteiger partial charge in [-0.1, -0.05) is 12.7 Å². The number of esters is 1. The highest BCUT2D eigenvalue weighted by molar-refractivity contribution is 7.90. The summed E-state index contributed by atoms with van der Waals surface area (Å²) in [6.45, 7) is 13.1. The Morgan fingerprint density at radius 2 is 1.94 bits per heavy atom. The van der Waals surface area contributed by atoms with E-state index in [1.807, 2.05) is 20.8 Å². The lowest BCUT2D eigenvalue weighted by Crippen LogP contribution is -2.38. The minimum Gasteiger partial charge on any atom is -0.487 e. The number of halogens is 1. The van der Waals surface area contributed by atoms with Gasteiger partial charge in [-0.15, -0.1) is 12.4 Å². The molecule has 5 N–H and O–H groups in total. The summed E-state index contributed by atoms with van der Waals surface area (Å²) in [5, 5.41) is 0. The molecule has 1 atom stereocenters. The van der Waals surface area contributed by atoms with Gasteiger partial charge in [-0.3, -0.25) is 9.79 Å². The largest absolute Gasteiger partial charge is 0.487 e. The molecule has 1 aromatic carbocycles. The van der Waals surface area contributed by atoms with Crippen LogP contribution in [0.2, 0.25) is 0 Å². The maximum atomic E-state index is 13.1. The van der Waals surface area contributed by atoms with Gasteiger partial charge in [0.2, 0.25) is 5.96 Å². The first-order valence-corrected chi connectivity index (χ1v) is 12.0. The van der Waals surface area contributed by atoms with Crippen LogP contribution >= 0.6 is 12.4 Å². The number of carbonyl (C=O) groups is 1. The summed E-state index contributed by atoms with van der Waals surface area (Å²) in [5.41, 5.74) is 14.2. The molecule has 186 valence electrons. The van der Waals surface area contributed by atoms with Gasteiger partial charge in [0, 0.05) is 18.5 Å². The van der Waals surface area contributed by atoms with Crippen molar-refractivity contribution in [2.75, 3.05) is 13.2 Å². The minimum atomic E-state index is -3.95. The monoisotopic (exact) mass is 502 g/mol. The van der Waals surface area contributed by atoms with Crippen LogP contribution in [-0.4, -0.2) is 45.1 Å².